The summed E-state index contributed by atoms with van der Waals surface area (Å²) in [5.41, 5.74) is 3.18. The first-order chi connectivity index (χ1) is 14.6. The average Bonchev–Trinajstić information content (AvgIpc) is 3.47. The van der Waals surface area contributed by atoms with E-state index in [-0.39, 0.29) is 24.1 Å². The van der Waals surface area contributed by atoms with Crippen molar-refractivity contribution in [1.82, 2.24) is 20.1 Å². The van der Waals surface area contributed by atoms with E-state index in [1.54, 1.807) is 7.11 Å². The Hall–Kier alpha value is -2.25. The number of carbonyl (C=O) groups excluding carboxylic acids is 1. The molecule has 30 heavy (non-hydrogen) atoms. The van der Waals surface area contributed by atoms with Gasteiger partial charge in [-0.1, -0.05) is 6.92 Å². The van der Waals surface area contributed by atoms with E-state index in [1.807, 2.05) is 24.0 Å². The molecule has 0 radical (unpaired) electrons. The third-order valence-electron chi connectivity index (χ3n) is 6.97. The number of nitrogens with one attached hydrogen (secondary N) is 2. The first kappa shape index (κ1) is 19.7. The number of nitrogens with zero attached hydrogens (tertiary/aromatic N) is 2. The highest BCUT2D eigenvalue weighted by Gasteiger charge is 2.54. The monoisotopic (exact) mass is 412 g/mol. The maximum absolute atomic E-state index is 13.0. The summed E-state index contributed by atoms with van der Waals surface area (Å²) in [4.78, 5) is 20.9. The Morgan fingerprint density at radius 1 is 1.33 bits per heavy atom. The van der Waals surface area contributed by atoms with E-state index in [0.717, 1.165) is 42.4 Å². The number of likely N-dealkylation sites (tertiary alicyclic amines) is 1. The Morgan fingerprint density at radius 3 is 2.80 bits per heavy atom. The number of carbonyl (C=O) groups is 1. The summed E-state index contributed by atoms with van der Waals surface area (Å²) in [5, 5.41) is 14.5. The van der Waals surface area contributed by atoms with E-state index in [2.05, 4.69) is 21.3 Å². The molecule has 3 N–H and O–H groups in total. The number of aliphatic hydroxyl groups excluding tert-OH is 1. The summed E-state index contributed by atoms with van der Waals surface area (Å²) in [6, 6.07) is 5.68. The van der Waals surface area contributed by atoms with Crippen LogP contribution in [0.4, 0.5) is 4.79 Å². The molecular formula is C23H32N4O3. The molecule has 2 aromatic rings. The molecule has 7 nitrogen and oxygen atoms in total. The van der Waals surface area contributed by atoms with Gasteiger partial charge >= 0.3 is 6.03 Å². The van der Waals surface area contributed by atoms with Gasteiger partial charge in [-0.05, 0) is 42.9 Å². The first-order valence-electron chi connectivity index (χ1n) is 11.2. The summed E-state index contributed by atoms with van der Waals surface area (Å²) >= 11 is 0. The molecule has 1 aromatic heterocycles. The highest BCUT2D eigenvalue weighted by Crippen LogP contribution is 2.49. The van der Waals surface area contributed by atoms with E-state index in [0.29, 0.717) is 13.1 Å². The molecule has 162 valence electrons. The number of fused-ring (bicyclic) bond motifs is 4. The van der Waals surface area contributed by atoms with Crippen molar-refractivity contribution in [2.24, 2.45) is 5.92 Å². The molecular weight excluding hydrogens is 380 g/mol. The number of ether oxygens (including phenoxy) is 1. The van der Waals surface area contributed by atoms with E-state index >= 15 is 0 Å². The smallest absolute Gasteiger partial charge is 0.318 e. The summed E-state index contributed by atoms with van der Waals surface area (Å²) in [6.07, 6.45) is 3.58. The van der Waals surface area contributed by atoms with Crippen LogP contribution in [0.25, 0.3) is 10.9 Å². The van der Waals surface area contributed by atoms with Gasteiger partial charge in [0.25, 0.3) is 0 Å². The van der Waals surface area contributed by atoms with E-state index in [9.17, 15) is 9.90 Å². The molecule has 2 fully saturated rings. The minimum atomic E-state index is -0.363. The first-order valence-corrected chi connectivity index (χ1v) is 11.2. The number of urea groups is 1. The molecule has 1 saturated heterocycles. The Balaban J connectivity index is 1.56. The highest BCUT2D eigenvalue weighted by atomic mass is 16.5. The molecule has 3 aliphatic rings. The molecule has 2 amide bonds. The van der Waals surface area contributed by atoms with Crippen molar-refractivity contribution < 1.29 is 14.6 Å². The normalized spacial score (nSPS) is 22.8. The molecule has 1 atom stereocenters. The standard InChI is InChI=1S/C23H32N4O3/c1-3-8-24-22(29)27-14-23(12-26(13-23)10-15-4-5-15)20-17-7-6-16(30-2)9-18(17)25-21(20)19(27)11-28/h6-7,9,15,19,25,28H,3-5,8,10-14H2,1-2H3,(H,24,29)/t19-/m0/s1. The fraction of sp³-hybridized carbons (Fsp3) is 0.609. The summed E-state index contributed by atoms with van der Waals surface area (Å²) in [6.45, 7) is 6.33. The lowest BCUT2D eigenvalue weighted by Gasteiger charge is -2.56. The Bertz CT molecular complexity index is 945. The Morgan fingerprint density at radius 2 is 2.13 bits per heavy atom. The molecule has 1 saturated carbocycles. The van der Waals surface area contributed by atoms with Crippen molar-refractivity contribution in [3.8, 4) is 5.75 Å². The second kappa shape index (κ2) is 7.46. The number of methoxy groups -OCH3 is 1. The van der Waals surface area contributed by atoms with Gasteiger partial charge in [-0.3, -0.25) is 0 Å². The van der Waals surface area contributed by atoms with Gasteiger partial charge < -0.3 is 29.9 Å². The zero-order valence-electron chi connectivity index (χ0n) is 17.9. The minimum absolute atomic E-state index is 0.0854. The zero-order valence-corrected chi connectivity index (χ0v) is 17.9. The van der Waals surface area contributed by atoms with E-state index in [4.69, 9.17) is 4.74 Å². The number of aromatic amines is 1. The van der Waals surface area contributed by atoms with Crippen LogP contribution in [-0.2, 0) is 5.41 Å². The van der Waals surface area contributed by atoms with E-state index in [1.165, 1.54) is 30.3 Å². The summed E-state index contributed by atoms with van der Waals surface area (Å²) in [5.74, 6) is 1.66. The number of rotatable bonds is 6. The molecule has 1 aromatic carbocycles. The fourth-order valence-electron chi connectivity index (χ4n) is 5.42. The largest absolute Gasteiger partial charge is 0.497 e. The van der Waals surface area contributed by atoms with Gasteiger partial charge in [0.2, 0.25) is 0 Å². The number of hydrogen-bond donors (Lipinski definition) is 3. The van der Waals surface area contributed by atoms with Gasteiger partial charge in [0, 0.05) is 60.8 Å². The van der Waals surface area contributed by atoms with Crippen LogP contribution in [0.5, 0.6) is 5.75 Å². The molecule has 5 rings (SSSR count). The van der Waals surface area contributed by atoms with Crippen molar-refractivity contribution >= 4 is 16.9 Å². The van der Waals surface area contributed by atoms with Gasteiger partial charge in [-0.2, -0.15) is 0 Å². The SMILES string of the molecule is CCCNC(=O)N1CC2(CN(CC3CC3)C2)c2c([nH]c3cc(OC)ccc23)[C@@H]1CO. The number of amides is 2. The topological polar surface area (TPSA) is 80.8 Å². The quantitative estimate of drug-likeness (QED) is 0.681. The fourth-order valence-corrected chi connectivity index (χ4v) is 5.42. The van der Waals surface area contributed by atoms with Crippen LogP contribution in [0.2, 0.25) is 0 Å². The van der Waals surface area contributed by atoms with Gasteiger partial charge in [0.1, 0.15) is 5.75 Å². The van der Waals surface area contributed by atoms with Crippen molar-refractivity contribution in [1.29, 1.82) is 0 Å². The third-order valence-corrected chi connectivity index (χ3v) is 6.97. The third kappa shape index (κ3) is 3.15. The highest BCUT2D eigenvalue weighted by molar-refractivity contribution is 5.89. The molecule has 0 bridgehead atoms. The molecule has 3 heterocycles. The van der Waals surface area contributed by atoms with Crippen LogP contribution in [0, 0.1) is 5.92 Å². The van der Waals surface area contributed by atoms with Crippen LogP contribution in [0.1, 0.15) is 43.5 Å². The van der Waals surface area contributed by atoms with Gasteiger partial charge in [-0.15, -0.1) is 0 Å². The van der Waals surface area contributed by atoms with Crippen molar-refractivity contribution in [3.63, 3.8) is 0 Å². The number of H-pyrrole nitrogens is 1. The van der Waals surface area contributed by atoms with Crippen molar-refractivity contribution in [3.05, 3.63) is 29.5 Å². The van der Waals surface area contributed by atoms with Gasteiger partial charge in [-0.25, -0.2) is 4.79 Å². The Kier molecular flexibility index (Phi) is 4.90. The Labute approximate surface area is 177 Å². The van der Waals surface area contributed by atoms with Crippen LogP contribution in [0.15, 0.2) is 18.2 Å². The number of benzene rings is 1. The molecule has 0 unspecified atom stereocenters. The molecule has 1 aliphatic carbocycles. The van der Waals surface area contributed by atoms with Crippen LogP contribution in [-0.4, -0.2) is 72.4 Å². The van der Waals surface area contributed by atoms with Crippen molar-refractivity contribution in [2.45, 2.75) is 37.6 Å². The lowest BCUT2D eigenvalue weighted by atomic mass is 9.68. The summed E-state index contributed by atoms with van der Waals surface area (Å²) < 4.78 is 5.42. The second-order valence-corrected chi connectivity index (χ2v) is 9.28. The second-order valence-electron chi connectivity index (χ2n) is 9.28. The minimum Gasteiger partial charge on any atom is -0.497 e. The predicted octanol–water partition coefficient (Wildman–Crippen LogP) is 2.61. The predicted molar refractivity (Wildman–Crippen MR) is 116 cm³/mol. The van der Waals surface area contributed by atoms with Crippen LogP contribution < -0.4 is 10.1 Å². The lowest BCUT2D eigenvalue weighted by Crippen LogP contribution is -2.67. The number of hydrogen-bond acceptors (Lipinski definition) is 4. The maximum Gasteiger partial charge on any atom is 0.318 e. The average molecular weight is 413 g/mol. The van der Waals surface area contributed by atoms with Gasteiger partial charge in [0.15, 0.2) is 0 Å². The molecule has 7 heteroatoms. The maximum atomic E-state index is 13.0. The zero-order chi connectivity index (χ0) is 20.9. The molecule has 1 spiro atoms. The lowest BCUT2D eigenvalue weighted by molar-refractivity contribution is 0.00869. The number of aromatic nitrogens is 1. The van der Waals surface area contributed by atoms with Gasteiger partial charge in [0.05, 0.1) is 19.8 Å². The van der Waals surface area contributed by atoms with Crippen molar-refractivity contribution in [2.75, 3.05) is 46.4 Å². The van der Waals surface area contributed by atoms with E-state index < -0.39 is 0 Å². The number of aliphatic hydroxyl groups is 1. The summed E-state index contributed by atoms with van der Waals surface area (Å²) in [7, 11) is 1.67. The van der Waals surface area contributed by atoms with Crippen LogP contribution in [0.3, 0.4) is 0 Å². The molecule has 2 aliphatic heterocycles. The van der Waals surface area contributed by atoms with Crippen LogP contribution >= 0.6 is 0 Å².